The first-order valence-corrected chi connectivity index (χ1v) is 15.9. The maximum Gasteiger partial charge on any atom is 0.407 e. The summed E-state index contributed by atoms with van der Waals surface area (Å²) in [7, 11) is -1.22. The number of hydrogen-bond acceptors (Lipinski definition) is 7. The van der Waals surface area contributed by atoms with Crippen molar-refractivity contribution in [1.29, 1.82) is 0 Å². The lowest BCUT2D eigenvalue weighted by Gasteiger charge is -2.33. The lowest BCUT2D eigenvalue weighted by molar-refractivity contribution is 0.0215. The highest BCUT2D eigenvalue weighted by molar-refractivity contribution is 6.76. The molecule has 4 heterocycles. The van der Waals surface area contributed by atoms with Crippen LogP contribution in [0.1, 0.15) is 13.3 Å². The topological polar surface area (TPSA) is 120 Å². The number of amides is 1. The number of likely N-dealkylation sites (tertiary alicyclic amines) is 1. The van der Waals surface area contributed by atoms with Crippen molar-refractivity contribution in [1.82, 2.24) is 29.2 Å². The number of carboxylic acid groups (broad SMARTS) is 1. The van der Waals surface area contributed by atoms with Crippen LogP contribution in [0.4, 0.5) is 20.8 Å². The Labute approximate surface area is 210 Å². The predicted molar refractivity (Wildman–Crippen MR) is 136 cm³/mol. The molecule has 3 aromatic heterocycles. The SMILES string of the molecule is CCn1cc(Nc2nc(O[C@@H]3CN(C(=O)O)CC[C@H]3F)c3ccn(COCC[Si](C)(C)C)c3n2)cn1. The second-order valence-corrected chi connectivity index (χ2v) is 15.7. The van der Waals surface area contributed by atoms with Gasteiger partial charge in [-0.3, -0.25) is 4.68 Å². The molecule has 196 valence electrons. The first-order valence-electron chi connectivity index (χ1n) is 12.2. The molecule has 11 nitrogen and oxygen atoms in total. The molecule has 1 aliphatic rings. The van der Waals surface area contributed by atoms with E-state index in [0.29, 0.717) is 36.6 Å². The Morgan fingerprint density at radius 3 is 2.83 bits per heavy atom. The van der Waals surface area contributed by atoms with Crippen LogP contribution in [0, 0.1) is 0 Å². The molecule has 0 unspecified atom stereocenters. The van der Waals surface area contributed by atoms with Crippen molar-refractivity contribution in [2.45, 2.75) is 64.6 Å². The highest BCUT2D eigenvalue weighted by atomic mass is 28.3. The van der Waals surface area contributed by atoms with Crippen LogP contribution < -0.4 is 10.1 Å². The van der Waals surface area contributed by atoms with E-state index in [2.05, 4.69) is 40.0 Å². The molecule has 1 saturated heterocycles. The average molecular weight is 520 g/mol. The Balaban J connectivity index is 1.61. The molecule has 36 heavy (non-hydrogen) atoms. The summed E-state index contributed by atoms with van der Waals surface area (Å²) in [5, 5.41) is 17.3. The van der Waals surface area contributed by atoms with Crippen molar-refractivity contribution < 1.29 is 23.8 Å². The Kier molecular flexibility index (Phi) is 7.78. The number of piperidine rings is 1. The lowest BCUT2D eigenvalue weighted by Crippen LogP contribution is -2.49. The Morgan fingerprint density at radius 1 is 1.33 bits per heavy atom. The van der Waals surface area contributed by atoms with Gasteiger partial charge in [-0.05, 0) is 19.0 Å². The lowest BCUT2D eigenvalue weighted by atomic mass is 10.1. The summed E-state index contributed by atoms with van der Waals surface area (Å²) >= 11 is 0. The van der Waals surface area contributed by atoms with Gasteiger partial charge in [0.05, 0.1) is 23.8 Å². The normalized spacial score (nSPS) is 18.5. The number of anilines is 2. The van der Waals surface area contributed by atoms with Gasteiger partial charge >= 0.3 is 6.09 Å². The number of rotatable bonds is 10. The number of carbonyl (C=O) groups is 1. The van der Waals surface area contributed by atoms with Crippen molar-refractivity contribution >= 4 is 36.8 Å². The number of alkyl halides is 1. The minimum Gasteiger partial charge on any atom is -0.469 e. The molecule has 0 spiro atoms. The van der Waals surface area contributed by atoms with Crippen molar-refractivity contribution in [3.05, 3.63) is 24.7 Å². The van der Waals surface area contributed by atoms with Crippen LogP contribution in [0.3, 0.4) is 0 Å². The van der Waals surface area contributed by atoms with Gasteiger partial charge in [-0.15, -0.1) is 0 Å². The quantitative estimate of drug-likeness (QED) is 0.303. The minimum absolute atomic E-state index is 0.0679. The maximum absolute atomic E-state index is 14.7. The summed E-state index contributed by atoms with van der Waals surface area (Å²) in [6.45, 7) is 10.6. The van der Waals surface area contributed by atoms with E-state index in [0.717, 1.165) is 10.9 Å². The highest BCUT2D eigenvalue weighted by Gasteiger charge is 2.34. The van der Waals surface area contributed by atoms with Crippen LogP contribution >= 0.6 is 0 Å². The summed E-state index contributed by atoms with van der Waals surface area (Å²) in [5.41, 5.74) is 1.27. The molecule has 0 bridgehead atoms. The van der Waals surface area contributed by atoms with E-state index >= 15 is 0 Å². The number of aromatic nitrogens is 5. The molecular formula is C23H34FN7O4Si. The summed E-state index contributed by atoms with van der Waals surface area (Å²) in [6.07, 6.45) is 2.02. The smallest absolute Gasteiger partial charge is 0.407 e. The number of fused-ring (bicyclic) bond motifs is 1. The molecule has 1 aliphatic heterocycles. The van der Waals surface area contributed by atoms with Gasteiger partial charge in [0.1, 0.15) is 19.0 Å². The molecule has 1 fully saturated rings. The van der Waals surface area contributed by atoms with Crippen LogP contribution in [0.25, 0.3) is 11.0 Å². The Morgan fingerprint density at radius 2 is 2.14 bits per heavy atom. The van der Waals surface area contributed by atoms with Gasteiger partial charge in [-0.2, -0.15) is 15.1 Å². The third-order valence-electron chi connectivity index (χ3n) is 6.04. The van der Waals surface area contributed by atoms with Crippen LogP contribution in [0.2, 0.25) is 25.7 Å². The fourth-order valence-electron chi connectivity index (χ4n) is 3.87. The Bertz CT molecular complexity index is 1200. The summed E-state index contributed by atoms with van der Waals surface area (Å²) in [5.74, 6) is 0.447. The number of nitrogens with zero attached hydrogens (tertiary/aromatic N) is 6. The van der Waals surface area contributed by atoms with Gasteiger partial charge in [-0.25, -0.2) is 9.18 Å². The molecule has 13 heteroatoms. The molecule has 3 aromatic rings. The second-order valence-electron chi connectivity index (χ2n) is 10.1. The van der Waals surface area contributed by atoms with E-state index in [9.17, 15) is 14.3 Å². The van der Waals surface area contributed by atoms with Gasteiger partial charge in [0.15, 0.2) is 5.65 Å². The zero-order chi connectivity index (χ0) is 25.9. The molecule has 2 N–H and O–H groups in total. The Hall–Kier alpha value is -3.19. The summed E-state index contributed by atoms with van der Waals surface area (Å²) in [6, 6.07) is 2.85. The van der Waals surface area contributed by atoms with Crippen molar-refractivity contribution in [2.75, 3.05) is 25.0 Å². The molecule has 0 radical (unpaired) electrons. The number of nitrogens with one attached hydrogen (secondary N) is 1. The molecule has 0 saturated carbocycles. The molecule has 0 aromatic carbocycles. The van der Waals surface area contributed by atoms with Crippen molar-refractivity contribution in [3.63, 3.8) is 0 Å². The fourth-order valence-corrected chi connectivity index (χ4v) is 4.63. The standard InChI is InChI=1S/C23H34FN7O4Si/c1-5-31-13-16(12-25-31)26-22-27-20-17(6-8-30(20)15-34-10-11-36(2,3)4)21(28-22)35-19-14-29(23(32)33)9-7-18(19)24/h6,8,12-13,18-19H,5,7,9-11,14-15H2,1-4H3,(H,32,33)(H,26,27,28)/t18-,19-/m1/s1. The number of hydrogen-bond donors (Lipinski definition) is 2. The summed E-state index contributed by atoms with van der Waals surface area (Å²) in [4.78, 5) is 21.8. The van der Waals surface area contributed by atoms with E-state index < -0.39 is 26.4 Å². The number of ether oxygens (including phenoxy) is 2. The van der Waals surface area contributed by atoms with E-state index in [-0.39, 0.29) is 31.3 Å². The molecule has 0 aliphatic carbocycles. The van der Waals surface area contributed by atoms with Crippen LogP contribution in [-0.2, 0) is 18.0 Å². The van der Waals surface area contributed by atoms with Crippen molar-refractivity contribution in [2.24, 2.45) is 0 Å². The monoisotopic (exact) mass is 519 g/mol. The van der Waals surface area contributed by atoms with E-state index in [4.69, 9.17) is 9.47 Å². The predicted octanol–water partition coefficient (Wildman–Crippen LogP) is 4.17. The fraction of sp³-hybridized carbons (Fsp3) is 0.565. The van der Waals surface area contributed by atoms with Gasteiger partial charge in [0.25, 0.3) is 0 Å². The third-order valence-corrected chi connectivity index (χ3v) is 7.74. The van der Waals surface area contributed by atoms with Crippen LogP contribution in [0.15, 0.2) is 24.7 Å². The molecule has 2 atom stereocenters. The first-order chi connectivity index (χ1) is 17.1. The zero-order valence-electron chi connectivity index (χ0n) is 21.1. The number of aryl methyl sites for hydroxylation is 1. The first kappa shape index (κ1) is 25.9. The highest BCUT2D eigenvalue weighted by Crippen LogP contribution is 2.29. The minimum atomic E-state index is -1.31. The average Bonchev–Trinajstić information content (AvgIpc) is 3.44. The molecule has 4 rings (SSSR count). The van der Waals surface area contributed by atoms with Gasteiger partial charge in [0, 0.05) is 46.6 Å². The van der Waals surface area contributed by atoms with E-state index in [1.807, 2.05) is 23.9 Å². The van der Waals surface area contributed by atoms with Gasteiger partial charge in [0.2, 0.25) is 11.8 Å². The second kappa shape index (κ2) is 10.8. The van der Waals surface area contributed by atoms with E-state index in [1.165, 1.54) is 0 Å². The molecular weight excluding hydrogens is 485 g/mol. The maximum atomic E-state index is 14.7. The van der Waals surface area contributed by atoms with Gasteiger partial charge < -0.3 is 29.4 Å². The third kappa shape index (κ3) is 6.32. The van der Waals surface area contributed by atoms with Crippen molar-refractivity contribution in [3.8, 4) is 5.88 Å². The largest absolute Gasteiger partial charge is 0.469 e. The van der Waals surface area contributed by atoms with Crippen LogP contribution in [0.5, 0.6) is 5.88 Å². The van der Waals surface area contributed by atoms with Crippen LogP contribution in [-0.4, -0.2) is 80.5 Å². The van der Waals surface area contributed by atoms with E-state index in [1.54, 1.807) is 16.9 Å². The summed E-state index contributed by atoms with van der Waals surface area (Å²) < 4.78 is 30.3. The molecule has 1 amide bonds. The zero-order valence-corrected chi connectivity index (χ0v) is 22.1. The number of halogens is 1. The van der Waals surface area contributed by atoms with Gasteiger partial charge in [-0.1, -0.05) is 19.6 Å².